The summed E-state index contributed by atoms with van der Waals surface area (Å²) in [6.07, 6.45) is 3.83. The third-order valence-corrected chi connectivity index (χ3v) is 2.87. The van der Waals surface area contributed by atoms with E-state index in [0.717, 1.165) is 11.1 Å². The van der Waals surface area contributed by atoms with Gasteiger partial charge in [-0.2, -0.15) is 16.4 Å². The first-order valence-electron chi connectivity index (χ1n) is 4.56. The molecule has 2 heterocycles. The fourth-order valence-corrected chi connectivity index (χ4v) is 2.15. The summed E-state index contributed by atoms with van der Waals surface area (Å²) in [5, 5.41) is 11.0. The van der Waals surface area contributed by atoms with Crippen LogP contribution in [0, 0.1) is 0 Å². The molecule has 0 radical (unpaired) electrons. The maximum atomic E-state index is 3.98. The molecule has 0 atom stereocenters. The van der Waals surface area contributed by atoms with Gasteiger partial charge >= 0.3 is 0 Å². The van der Waals surface area contributed by atoms with Crippen LogP contribution in [0.1, 0.15) is 18.1 Å². The minimum atomic E-state index is 0.717. The highest BCUT2D eigenvalue weighted by Crippen LogP contribution is 2.30. The number of hydrogen-bond acceptors (Lipinski definition) is 3. The number of H-pyrrole nitrogens is 1. The summed E-state index contributed by atoms with van der Waals surface area (Å²) in [7, 11) is 0. The van der Waals surface area contributed by atoms with Crippen molar-refractivity contribution >= 4 is 29.4 Å². The third-order valence-electron chi connectivity index (χ3n) is 2.19. The van der Waals surface area contributed by atoms with Crippen molar-refractivity contribution in [2.45, 2.75) is 6.92 Å². The van der Waals surface area contributed by atoms with Crippen LogP contribution in [-0.2, 0) is 0 Å². The topological polar surface area (TPSA) is 41.0 Å². The molecular weight excluding hydrogens is 206 g/mol. The van der Waals surface area contributed by atoms with Crippen molar-refractivity contribution in [1.29, 1.82) is 0 Å². The molecule has 0 aliphatic rings. The SMILES string of the molecule is C=Nc1[nH]ncc1/C(=C\C)c1ccsc1. The number of allylic oxidation sites excluding steroid dienone is 1. The van der Waals surface area contributed by atoms with Gasteiger partial charge in [-0.3, -0.25) is 5.10 Å². The molecule has 15 heavy (non-hydrogen) atoms. The molecule has 0 aliphatic heterocycles. The molecule has 0 amide bonds. The Morgan fingerprint density at radius 1 is 1.67 bits per heavy atom. The minimum absolute atomic E-state index is 0.717. The van der Waals surface area contributed by atoms with Gasteiger partial charge in [0.25, 0.3) is 0 Å². The Hall–Kier alpha value is -1.68. The Morgan fingerprint density at radius 2 is 2.53 bits per heavy atom. The maximum Gasteiger partial charge on any atom is 0.155 e. The normalized spacial score (nSPS) is 11.7. The van der Waals surface area contributed by atoms with Crippen LogP contribution < -0.4 is 0 Å². The molecule has 2 aromatic heterocycles. The molecule has 1 N–H and O–H groups in total. The molecule has 2 aromatic rings. The summed E-state index contributed by atoms with van der Waals surface area (Å²) in [6, 6.07) is 2.08. The molecule has 0 fully saturated rings. The lowest BCUT2D eigenvalue weighted by atomic mass is 10.0. The highest BCUT2D eigenvalue weighted by Gasteiger charge is 2.10. The summed E-state index contributed by atoms with van der Waals surface area (Å²) in [6.45, 7) is 5.52. The molecule has 3 nitrogen and oxygen atoms in total. The smallest absolute Gasteiger partial charge is 0.155 e. The van der Waals surface area contributed by atoms with Gasteiger partial charge in [0, 0.05) is 5.56 Å². The van der Waals surface area contributed by atoms with E-state index < -0.39 is 0 Å². The molecule has 76 valence electrons. The summed E-state index contributed by atoms with van der Waals surface area (Å²) in [5.41, 5.74) is 3.31. The molecule has 0 aromatic carbocycles. The molecule has 0 saturated carbocycles. The van der Waals surface area contributed by atoms with E-state index in [9.17, 15) is 0 Å². The molecule has 4 heteroatoms. The molecular formula is C11H11N3S. The second kappa shape index (κ2) is 4.23. The van der Waals surface area contributed by atoms with E-state index in [2.05, 4.69) is 44.8 Å². The van der Waals surface area contributed by atoms with Crippen LogP contribution in [0.3, 0.4) is 0 Å². The van der Waals surface area contributed by atoms with Gasteiger partial charge in [0.05, 0.1) is 6.20 Å². The van der Waals surface area contributed by atoms with E-state index in [1.807, 2.05) is 6.92 Å². The third kappa shape index (κ3) is 1.76. The zero-order chi connectivity index (χ0) is 10.7. The van der Waals surface area contributed by atoms with E-state index in [-0.39, 0.29) is 0 Å². The van der Waals surface area contributed by atoms with E-state index >= 15 is 0 Å². The van der Waals surface area contributed by atoms with Crippen LogP contribution in [0.2, 0.25) is 0 Å². The first kappa shape index (κ1) is 9.86. The fraction of sp³-hybridized carbons (Fsp3) is 0.0909. The predicted octanol–water partition coefficient (Wildman–Crippen LogP) is 3.25. The number of aromatic nitrogens is 2. The van der Waals surface area contributed by atoms with E-state index in [0.29, 0.717) is 5.82 Å². The average Bonchev–Trinajstić information content (AvgIpc) is 2.89. The van der Waals surface area contributed by atoms with Crippen LogP contribution in [0.25, 0.3) is 5.57 Å². The molecule has 0 aliphatic carbocycles. The lowest BCUT2D eigenvalue weighted by Gasteiger charge is -2.02. The van der Waals surface area contributed by atoms with Gasteiger partial charge in [0.15, 0.2) is 5.82 Å². The number of rotatable bonds is 3. The molecule has 2 rings (SSSR count). The second-order valence-corrected chi connectivity index (χ2v) is 3.78. The van der Waals surface area contributed by atoms with Gasteiger partial charge in [-0.15, -0.1) is 0 Å². The highest BCUT2D eigenvalue weighted by atomic mass is 32.1. The van der Waals surface area contributed by atoms with Gasteiger partial charge < -0.3 is 0 Å². The van der Waals surface area contributed by atoms with E-state index in [4.69, 9.17) is 0 Å². The number of aliphatic imine (C=N–C) groups is 1. The van der Waals surface area contributed by atoms with E-state index in [1.54, 1.807) is 17.5 Å². The lowest BCUT2D eigenvalue weighted by molar-refractivity contribution is 1.08. The Kier molecular flexibility index (Phi) is 2.78. The predicted molar refractivity (Wildman–Crippen MR) is 64.9 cm³/mol. The number of nitrogens with one attached hydrogen (secondary N) is 1. The van der Waals surface area contributed by atoms with Crippen molar-refractivity contribution in [1.82, 2.24) is 10.2 Å². The lowest BCUT2D eigenvalue weighted by Crippen LogP contribution is -1.82. The quantitative estimate of drug-likeness (QED) is 0.788. The van der Waals surface area contributed by atoms with Crippen molar-refractivity contribution in [3.63, 3.8) is 0 Å². The summed E-state index contributed by atoms with van der Waals surface area (Å²) < 4.78 is 0. The fourth-order valence-electron chi connectivity index (χ4n) is 1.49. The Balaban J connectivity index is 2.49. The first-order chi connectivity index (χ1) is 7.36. The number of thiophene rings is 1. The van der Waals surface area contributed by atoms with Crippen LogP contribution in [0.5, 0.6) is 0 Å². The van der Waals surface area contributed by atoms with Crippen molar-refractivity contribution < 1.29 is 0 Å². The number of aromatic amines is 1. The Labute approximate surface area is 92.2 Å². The summed E-state index contributed by atoms with van der Waals surface area (Å²) in [4.78, 5) is 3.90. The zero-order valence-electron chi connectivity index (χ0n) is 8.40. The monoisotopic (exact) mass is 217 g/mol. The van der Waals surface area contributed by atoms with Crippen molar-refractivity contribution in [2.75, 3.05) is 0 Å². The minimum Gasteiger partial charge on any atom is -0.261 e. The van der Waals surface area contributed by atoms with Gasteiger partial charge in [-0.05, 0) is 41.6 Å². The average molecular weight is 217 g/mol. The van der Waals surface area contributed by atoms with E-state index in [1.165, 1.54) is 5.56 Å². The van der Waals surface area contributed by atoms with Crippen LogP contribution in [0.4, 0.5) is 5.82 Å². The van der Waals surface area contributed by atoms with Gasteiger partial charge in [-0.25, -0.2) is 4.99 Å². The summed E-state index contributed by atoms with van der Waals surface area (Å²) in [5.74, 6) is 0.717. The largest absolute Gasteiger partial charge is 0.261 e. The second-order valence-electron chi connectivity index (χ2n) is 3.00. The van der Waals surface area contributed by atoms with Gasteiger partial charge in [-0.1, -0.05) is 6.08 Å². The van der Waals surface area contributed by atoms with Gasteiger partial charge in [0.2, 0.25) is 0 Å². The molecule has 0 bridgehead atoms. The van der Waals surface area contributed by atoms with Crippen molar-refractivity contribution in [3.8, 4) is 0 Å². The first-order valence-corrected chi connectivity index (χ1v) is 5.50. The van der Waals surface area contributed by atoms with Crippen molar-refractivity contribution in [3.05, 3.63) is 40.2 Å². The Bertz CT molecular complexity index is 480. The van der Waals surface area contributed by atoms with Crippen molar-refractivity contribution in [2.24, 2.45) is 4.99 Å². The van der Waals surface area contributed by atoms with Crippen LogP contribution in [-0.4, -0.2) is 16.9 Å². The molecule has 0 saturated heterocycles. The number of hydrogen-bond donors (Lipinski definition) is 1. The Morgan fingerprint density at radius 3 is 3.13 bits per heavy atom. The maximum absolute atomic E-state index is 3.98. The molecule has 0 unspecified atom stereocenters. The highest BCUT2D eigenvalue weighted by molar-refractivity contribution is 7.08. The van der Waals surface area contributed by atoms with Crippen LogP contribution >= 0.6 is 11.3 Å². The van der Waals surface area contributed by atoms with Gasteiger partial charge in [0.1, 0.15) is 0 Å². The molecule has 0 spiro atoms. The summed E-state index contributed by atoms with van der Waals surface area (Å²) >= 11 is 1.68. The zero-order valence-corrected chi connectivity index (χ0v) is 9.21. The standard InChI is InChI=1S/C11H11N3S/c1-3-9(8-4-5-15-7-8)10-6-13-14-11(10)12-2/h3-7H,2H2,1H3,(H,13,14)/b9-3-. The number of nitrogens with zero attached hydrogens (tertiary/aromatic N) is 2. The van der Waals surface area contributed by atoms with Crippen LogP contribution in [0.15, 0.2) is 34.1 Å².